The van der Waals surface area contributed by atoms with Crippen LogP contribution in [0.2, 0.25) is 10.0 Å². The van der Waals surface area contributed by atoms with Crippen LogP contribution in [-0.2, 0) is 4.79 Å². The first-order valence-corrected chi connectivity index (χ1v) is 4.41. The van der Waals surface area contributed by atoms with Gasteiger partial charge in [0.05, 0.1) is 5.02 Å². The minimum Gasteiger partial charge on any atom is -0.425 e. The molecule has 0 saturated carbocycles. The van der Waals surface area contributed by atoms with Gasteiger partial charge in [0.25, 0.3) is 0 Å². The Hall–Kier alpha value is -0.730. The van der Waals surface area contributed by atoms with Gasteiger partial charge in [-0.3, -0.25) is 4.79 Å². The Bertz CT molecular complexity index is 348. The average Bonchev–Trinajstić information content (AvgIpc) is 2.05. The molecule has 1 rings (SSSR count). The number of ether oxygens (including phenoxy) is 1. The van der Waals surface area contributed by atoms with E-state index < -0.39 is 5.97 Å². The smallest absolute Gasteiger partial charge is 0.308 e. The molecule has 70 valence electrons. The van der Waals surface area contributed by atoms with Gasteiger partial charge in [0.2, 0.25) is 0 Å². The Morgan fingerprint density at radius 1 is 1.38 bits per heavy atom. The minimum absolute atomic E-state index is 0.275. The van der Waals surface area contributed by atoms with Crippen LogP contribution in [0.5, 0.6) is 5.75 Å². The maximum absolute atomic E-state index is 10.7. The maximum atomic E-state index is 10.7. The molecule has 2 nitrogen and oxygen atoms in total. The van der Waals surface area contributed by atoms with E-state index in [1.165, 1.54) is 6.92 Å². The number of halogens is 2. The molecule has 0 aromatic heterocycles. The Morgan fingerprint density at radius 2 is 2.00 bits per heavy atom. The number of aryl methyl sites for hydroxylation is 1. The van der Waals surface area contributed by atoms with Crippen molar-refractivity contribution in [1.82, 2.24) is 0 Å². The Labute approximate surface area is 86.4 Å². The number of carbonyl (C=O) groups excluding carboxylic acids is 1. The van der Waals surface area contributed by atoms with E-state index in [-0.39, 0.29) is 5.02 Å². The lowest BCUT2D eigenvalue weighted by Crippen LogP contribution is -2.03. The van der Waals surface area contributed by atoms with Gasteiger partial charge in [0.15, 0.2) is 5.75 Å². The second-order valence-electron chi connectivity index (χ2n) is 2.60. The second-order valence-corrected chi connectivity index (χ2v) is 3.39. The highest BCUT2D eigenvalue weighted by Gasteiger charge is 2.10. The van der Waals surface area contributed by atoms with Crippen LogP contribution in [0.4, 0.5) is 0 Å². The first-order chi connectivity index (χ1) is 6.02. The largest absolute Gasteiger partial charge is 0.425 e. The van der Waals surface area contributed by atoms with Gasteiger partial charge in [-0.2, -0.15) is 0 Å². The summed E-state index contributed by atoms with van der Waals surface area (Å²) < 4.78 is 4.90. The third-order valence-corrected chi connectivity index (χ3v) is 2.28. The van der Waals surface area contributed by atoms with Crippen molar-refractivity contribution < 1.29 is 9.53 Å². The van der Waals surface area contributed by atoms with Crippen LogP contribution in [-0.4, -0.2) is 5.97 Å². The van der Waals surface area contributed by atoms with Gasteiger partial charge < -0.3 is 4.74 Å². The highest BCUT2D eigenvalue weighted by molar-refractivity contribution is 6.43. The van der Waals surface area contributed by atoms with Gasteiger partial charge in [0, 0.05) is 6.92 Å². The normalized spacial score (nSPS) is 9.85. The lowest BCUT2D eigenvalue weighted by atomic mass is 10.2. The van der Waals surface area contributed by atoms with E-state index in [4.69, 9.17) is 27.9 Å². The van der Waals surface area contributed by atoms with Gasteiger partial charge in [-0.25, -0.2) is 0 Å². The predicted octanol–water partition coefficient (Wildman–Crippen LogP) is 3.23. The van der Waals surface area contributed by atoms with Crippen LogP contribution < -0.4 is 4.74 Å². The number of benzene rings is 1. The molecule has 0 radical (unpaired) electrons. The number of hydrogen-bond acceptors (Lipinski definition) is 2. The number of hydrogen-bond donors (Lipinski definition) is 0. The zero-order valence-electron chi connectivity index (χ0n) is 7.23. The number of esters is 1. The van der Waals surface area contributed by atoms with Crippen molar-refractivity contribution in [2.24, 2.45) is 0 Å². The summed E-state index contributed by atoms with van der Waals surface area (Å²) in [5.41, 5.74) is 0.782. The number of carbonyl (C=O) groups is 1. The average molecular weight is 219 g/mol. The van der Waals surface area contributed by atoms with Crippen LogP contribution in [0.3, 0.4) is 0 Å². The Kier molecular flexibility index (Phi) is 3.17. The lowest BCUT2D eigenvalue weighted by Gasteiger charge is -2.07. The summed E-state index contributed by atoms with van der Waals surface area (Å²) in [6, 6.07) is 3.40. The summed E-state index contributed by atoms with van der Waals surface area (Å²) in [7, 11) is 0. The van der Waals surface area contributed by atoms with Crippen molar-refractivity contribution in [2.75, 3.05) is 0 Å². The third-order valence-electron chi connectivity index (χ3n) is 1.49. The molecule has 0 aliphatic heterocycles. The molecule has 1 aromatic rings. The SMILES string of the molecule is CC(=O)Oc1c(C)ccc(Cl)c1Cl. The summed E-state index contributed by atoms with van der Waals surface area (Å²) in [4.78, 5) is 10.7. The van der Waals surface area contributed by atoms with Gasteiger partial charge in [0.1, 0.15) is 5.02 Å². The summed E-state index contributed by atoms with van der Waals surface area (Å²) >= 11 is 11.6. The minimum atomic E-state index is -0.410. The van der Waals surface area contributed by atoms with E-state index >= 15 is 0 Å². The fourth-order valence-corrected chi connectivity index (χ4v) is 1.30. The van der Waals surface area contributed by atoms with Crippen molar-refractivity contribution in [2.45, 2.75) is 13.8 Å². The topological polar surface area (TPSA) is 26.3 Å². The van der Waals surface area contributed by atoms with Crippen LogP contribution in [0.1, 0.15) is 12.5 Å². The van der Waals surface area contributed by atoms with Crippen LogP contribution in [0, 0.1) is 6.92 Å². The molecule has 0 unspecified atom stereocenters. The second kappa shape index (κ2) is 3.99. The Morgan fingerprint density at radius 3 is 2.54 bits per heavy atom. The first-order valence-electron chi connectivity index (χ1n) is 3.65. The van der Waals surface area contributed by atoms with E-state index in [9.17, 15) is 4.79 Å². The third kappa shape index (κ3) is 2.36. The molecule has 0 amide bonds. The molecule has 0 spiro atoms. The van der Waals surface area contributed by atoms with E-state index in [1.807, 2.05) is 0 Å². The standard InChI is InChI=1S/C9H8Cl2O2/c1-5-3-4-7(10)8(11)9(5)13-6(2)12/h3-4H,1-2H3. The van der Waals surface area contributed by atoms with Gasteiger partial charge in [-0.15, -0.1) is 0 Å². The van der Waals surface area contributed by atoms with Crippen LogP contribution in [0.15, 0.2) is 12.1 Å². The summed E-state index contributed by atoms with van der Waals surface area (Å²) in [6.07, 6.45) is 0. The van der Waals surface area contributed by atoms with Crippen molar-refractivity contribution in [3.05, 3.63) is 27.7 Å². The molecule has 13 heavy (non-hydrogen) atoms. The van der Waals surface area contributed by atoms with Gasteiger partial charge in [-0.1, -0.05) is 29.3 Å². The highest BCUT2D eigenvalue weighted by Crippen LogP contribution is 2.34. The molecule has 1 aromatic carbocycles. The zero-order valence-corrected chi connectivity index (χ0v) is 8.74. The number of rotatable bonds is 1. The molecule has 0 saturated heterocycles. The lowest BCUT2D eigenvalue weighted by molar-refractivity contribution is -0.131. The van der Waals surface area contributed by atoms with Crippen LogP contribution in [0.25, 0.3) is 0 Å². The monoisotopic (exact) mass is 218 g/mol. The molecule has 0 bridgehead atoms. The van der Waals surface area contributed by atoms with E-state index in [1.54, 1.807) is 19.1 Å². The first kappa shape index (κ1) is 10.4. The quantitative estimate of drug-likeness (QED) is 0.535. The highest BCUT2D eigenvalue weighted by atomic mass is 35.5. The molecule has 0 heterocycles. The van der Waals surface area contributed by atoms with Crippen molar-refractivity contribution >= 4 is 29.2 Å². The fraction of sp³-hybridized carbons (Fsp3) is 0.222. The fourth-order valence-electron chi connectivity index (χ4n) is 0.898. The summed E-state index contributed by atoms with van der Waals surface area (Å²) in [5, 5.41) is 0.653. The maximum Gasteiger partial charge on any atom is 0.308 e. The summed E-state index contributed by atoms with van der Waals surface area (Å²) in [5.74, 6) is -0.0751. The van der Waals surface area contributed by atoms with E-state index in [0.29, 0.717) is 10.8 Å². The van der Waals surface area contributed by atoms with Crippen molar-refractivity contribution in [3.63, 3.8) is 0 Å². The van der Waals surface area contributed by atoms with E-state index in [2.05, 4.69) is 0 Å². The van der Waals surface area contributed by atoms with Crippen molar-refractivity contribution in [1.29, 1.82) is 0 Å². The molecular formula is C9H8Cl2O2. The molecule has 0 N–H and O–H groups in total. The molecule has 0 fully saturated rings. The van der Waals surface area contributed by atoms with E-state index in [0.717, 1.165) is 5.56 Å². The van der Waals surface area contributed by atoms with Gasteiger partial charge in [-0.05, 0) is 18.6 Å². The molecule has 0 atom stereocenters. The molecular weight excluding hydrogens is 211 g/mol. The van der Waals surface area contributed by atoms with Crippen molar-refractivity contribution in [3.8, 4) is 5.75 Å². The summed E-state index contributed by atoms with van der Waals surface area (Å²) in [6.45, 7) is 3.11. The predicted molar refractivity (Wildman–Crippen MR) is 52.5 cm³/mol. The molecule has 4 heteroatoms. The molecule has 0 aliphatic rings. The van der Waals surface area contributed by atoms with Crippen LogP contribution >= 0.6 is 23.2 Å². The van der Waals surface area contributed by atoms with Gasteiger partial charge >= 0.3 is 5.97 Å². The Balaban J connectivity index is 3.17. The molecule has 0 aliphatic carbocycles. The zero-order chi connectivity index (χ0) is 10.0.